The van der Waals surface area contributed by atoms with Crippen molar-refractivity contribution < 1.29 is 31.1 Å². The van der Waals surface area contributed by atoms with Crippen LogP contribution in [0.2, 0.25) is 0 Å². The number of piperazine rings is 1. The number of aromatic nitrogens is 2. The summed E-state index contributed by atoms with van der Waals surface area (Å²) in [5, 5.41) is 2.84. The zero-order chi connectivity index (χ0) is 29.4. The van der Waals surface area contributed by atoms with Crippen LogP contribution in [0.25, 0.3) is 5.65 Å². The summed E-state index contributed by atoms with van der Waals surface area (Å²) >= 11 is 0. The number of nitrogens with zero attached hydrogens (tertiary/aromatic N) is 4. The Kier molecular flexibility index (Phi) is 7.58. The van der Waals surface area contributed by atoms with Crippen molar-refractivity contribution in [3.8, 4) is 0 Å². The first-order valence-corrected chi connectivity index (χ1v) is 13.1. The number of fused-ring (bicyclic) bond motifs is 1. The topological polar surface area (TPSA) is 52.9 Å². The normalized spacial score (nSPS) is 14.5. The summed E-state index contributed by atoms with van der Waals surface area (Å²) in [5.41, 5.74) is 1.77. The van der Waals surface area contributed by atoms with E-state index in [2.05, 4.69) is 20.1 Å². The smallest absolute Gasteiger partial charge is 0.368 e. The lowest BCUT2D eigenvalue weighted by Crippen LogP contribution is -2.46. The van der Waals surface area contributed by atoms with E-state index in [-0.39, 0.29) is 17.9 Å². The molecule has 0 aliphatic carbocycles. The van der Waals surface area contributed by atoms with Crippen molar-refractivity contribution in [3.05, 3.63) is 94.9 Å². The first kappa shape index (κ1) is 28.3. The summed E-state index contributed by atoms with van der Waals surface area (Å²) in [4.78, 5) is 21.5. The average molecular weight is 576 g/mol. The molecule has 4 aromatic rings. The standard InChI is InChI=1S/C29H27F6N5O/c1-2-24-26(40-12-11-21(29(33,34)35)17-25(40)37-24)27(41)36-18-19-3-7-22(8-4-19)38-13-15-39(16-14-38)23-9-5-20(6-10-23)28(30,31)32/h3-12,17H,2,13-16,18H2,1H3,(H,36,41). The van der Waals surface area contributed by atoms with Gasteiger partial charge in [0.15, 0.2) is 0 Å². The van der Waals surface area contributed by atoms with Crippen molar-refractivity contribution in [2.24, 2.45) is 0 Å². The highest BCUT2D eigenvalue weighted by Crippen LogP contribution is 2.32. The number of amides is 1. The van der Waals surface area contributed by atoms with E-state index in [0.717, 1.165) is 41.2 Å². The van der Waals surface area contributed by atoms with Crippen molar-refractivity contribution in [1.82, 2.24) is 14.7 Å². The van der Waals surface area contributed by atoms with Gasteiger partial charge in [0.1, 0.15) is 11.3 Å². The van der Waals surface area contributed by atoms with Crippen LogP contribution < -0.4 is 15.1 Å². The van der Waals surface area contributed by atoms with E-state index in [4.69, 9.17) is 0 Å². The van der Waals surface area contributed by atoms with Crippen LogP contribution in [0, 0.1) is 0 Å². The Balaban J connectivity index is 1.18. The van der Waals surface area contributed by atoms with Crippen LogP contribution in [0.1, 0.15) is 39.8 Å². The van der Waals surface area contributed by atoms with Crippen LogP contribution in [0.4, 0.5) is 37.7 Å². The largest absolute Gasteiger partial charge is 0.416 e. The quantitative estimate of drug-likeness (QED) is 0.279. The lowest BCUT2D eigenvalue weighted by molar-refractivity contribution is -0.138. The van der Waals surface area contributed by atoms with E-state index in [1.807, 2.05) is 24.3 Å². The predicted molar refractivity (Wildman–Crippen MR) is 143 cm³/mol. The molecule has 1 aliphatic heterocycles. The fourth-order valence-corrected chi connectivity index (χ4v) is 4.93. The first-order valence-electron chi connectivity index (χ1n) is 13.1. The highest BCUT2D eigenvalue weighted by Gasteiger charge is 2.32. The molecule has 0 atom stereocenters. The maximum atomic E-state index is 13.1. The van der Waals surface area contributed by atoms with Gasteiger partial charge in [-0.3, -0.25) is 9.20 Å². The molecule has 0 bridgehead atoms. The molecule has 41 heavy (non-hydrogen) atoms. The maximum Gasteiger partial charge on any atom is 0.416 e. The van der Waals surface area contributed by atoms with Gasteiger partial charge in [0, 0.05) is 50.3 Å². The number of benzene rings is 2. The molecule has 1 N–H and O–H groups in total. The summed E-state index contributed by atoms with van der Waals surface area (Å²) in [7, 11) is 0. The summed E-state index contributed by atoms with van der Waals surface area (Å²) in [6.45, 7) is 4.71. The van der Waals surface area contributed by atoms with E-state index < -0.39 is 29.4 Å². The van der Waals surface area contributed by atoms with E-state index in [0.29, 0.717) is 38.3 Å². The average Bonchev–Trinajstić information content (AvgIpc) is 3.34. The molecule has 2 aromatic heterocycles. The Morgan fingerprint density at radius 2 is 1.34 bits per heavy atom. The first-order chi connectivity index (χ1) is 19.4. The van der Waals surface area contributed by atoms with E-state index >= 15 is 0 Å². The molecule has 1 amide bonds. The number of pyridine rings is 1. The Hall–Kier alpha value is -4.22. The number of alkyl halides is 6. The number of hydrogen-bond donors (Lipinski definition) is 1. The number of anilines is 2. The van der Waals surface area contributed by atoms with Crippen molar-refractivity contribution in [3.63, 3.8) is 0 Å². The maximum absolute atomic E-state index is 13.1. The van der Waals surface area contributed by atoms with Gasteiger partial charge < -0.3 is 15.1 Å². The molecule has 216 valence electrons. The van der Waals surface area contributed by atoms with Crippen molar-refractivity contribution in [2.75, 3.05) is 36.0 Å². The van der Waals surface area contributed by atoms with Crippen LogP contribution in [0.5, 0.6) is 0 Å². The van der Waals surface area contributed by atoms with Crippen LogP contribution in [-0.4, -0.2) is 41.5 Å². The number of carbonyl (C=O) groups excluding carboxylic acids is 1. The van der Waals surface area contributed by atoms with Gasteiger partial charge in [-0.25, -0.2) is 4.98 Å². The molecule has 1 saturated heterocycles. The van der Waals surface area contributed by atoms with Gasteiger partial charge in [0.05, 0.1) is 16.8 Å². The monoisotopic (exact) mass is 575 g/mol. The molecule has 2 aromatic carbocycles. The molecule has 0 unspecified atom stereocenters. The number of imidazole rings is 1. The van der Waals surface area contributed by atoms with Crippen molar-refractivity contribution >= 4 is 22.9 Å². The highest BCUT2D eigenvalue weighted by molar-refractivity contribution is 5.94. The minimum atomic E-state index is -4.51. The molecule has 12 heteroatoms. The number of carbonyl (C=O) groups is 1. The second-order valence-corrected chi connectivity index (χ2v) is 9.77. The minimum absolute atomic E-state index is 0.0598. The fourth-order valence-electron chi connectivity index (χ4n) is 4.93. The minimum Gasteiger partial charge on any atom is -0.368 e. The van der Waals surface area contributed by atoms with Crippen LogP contribution in [0.3, 0.4) is 0 Å². The summed E-state index contributed by atoms with van der Waals surface area (Å²) in [6, 6.07) is 14.7. The van der Waals surface area contributed by atoms with Crippen LogP contribution >= 0.6 is 0 Å². The summed E-state index contributed by atoms with van der Waals surface area (Å²) in [6.07, 6.45) is -7.27. The molecular formula is C29H27F6N5O. The number of aryl methyl sites for hydroxylation is 1. The van der Waals surface area contributed by atoms with Gasteiger partial charge in [0.2, 0.25) is 0 Å². The van der Waals surface area contributed by atoms with E-state index in [9.17, 15) is 31.1 Å². The fraction of sp³-hybridized carbons (Fsp3) is 0.310. The third-order valence-electron chi connectivity index (χ3n) is 7.17. The number of nitrogens with one attached hydrogen (secondary N) is 1. The second-order valence-electron chi connectivity index (χ2n) is 9.77. The zero-order valence-corrected chi connectivity index (χ0v) is 22.1. The Morgan fingerprint density at radius 1 is 0.805 bits per heavy atom. The van der Waals surface area contributed by atoms with Crippen molar-refractivity contribution in [2.45, 2.75) is 32.2 Å². The van der Waals surface area contributed by atoms with Gasteiger partial charge >= 0.3 is 12.4 Å². The van der Waals surface area contributed by atoms with Gasteiger partial charge in [-0.1, -0.05) is 19.1 Å². The summed E-state index contributed by atoms with van der Waals surface area (Å²) < 4.78 is 79.2. The van der Waals surface area contributed by atoms with Crippen LogP contribution in [-0.2, 0) is 25.3 Å². The molecule has 0 radical (unpaired) electrons. The molecule has 1 fully saturated rings. The van der Waals surface area contributed by atoms with E-state index in [1.54, 1.807) is 6.92 Å². The third kappa shape index (κ3) is 6.10. The number of hydrogen-bond acceptors (Lipinski definition) is 4. The molecule has 0 spiro atoms. The van der Waals surface area contributed by atoms with Gasteiger partial charge in [0.25, 0.3) is 5.91 Å². The molecule has 5 rings (SSSR count). The van der Waals surface area contributed by atoms with Crippen LogP contribution in [0.15, 0.2) is 66.9 Å². The Morgan fingerprint density at radius 3 is 1.85 bits per heavy atom. The predicted octanol–water partition coefficient (Wildman–Crippen LogP) is 6.19. The lowest BCUT2D eigenvalue weighted by atomic mass is 10.1. The second kappa shape index (κ2) is 11.0. The summed E-state index contributed by atoms with van der Waals surface area (Å²) in [5.74, 6) is -0.433. The Labute approximate surface area is 232 Å². The highest BCUT2D eigenvalue weighted by atomic mass is 19.4. The molecular weight excluding hydrogens is 548 g/mol. The van der Waals surface area contributed by atoms with Crippen molar-refractivity contribution in [1.29, 1.82) is 0 Å². The lowest BCUT2D eigenvalue weighted by Gasteiger charge is -2.37. The molecule has 6 nitrogen and oxygen atoms in total. The molecule has 1 aliphatic rings. The van der Waals surface area contributed by atoms with E-state index in [1.165, 1.54) is 22.7 Å². The SMILES string of the molecule is CCc1nc2cc(C(F)(F)F)ccn2c1C(=O)NCc1ccc(N2CCN(c3ccc(C(F)(F)F)cc3)CC2)cc1. The van der Waals surface area contributed by atoms with Gasteiger partial charge in [-0.2, -0.15) is 26.3 Å². The molecule has 3 heterocycles. The third-order valence-corrected chi connectivity index (χ3v) is 7.17. The van der Waals surface area contributed by atoms with Gasteiger partial charge in [-0.05, 0) is 60.5 Å². The zero-order valence-electron chi connectivity index (χ0n) is 22.1. The van der Waals surface area contributed by atoms with Gasteiger partial charge in [-0.15, -0.1) is 0 Å². The molecule has 0 saturated carbocycles. The Bertz CT molecular complexity index is 1520. The number of rotatable bonds is 6. The number of halogens is 6.